The van der Waals surface area contributed by atoms with E-state index in [0.29, 0.717) is 19.3 Å². The molecule has 0 aromatic carbocycles. The number of ether oxygens (including phenoxy) is 3. The number of esters is 3. The standard InChI is InChI=1S/C61H104O6/c1-4-7-10-13-16-19-22-25-27-29-30-32-34-37-39-42-45-48-51-54-60(63)66-57-58(67-61(64)55-52-49-46-43-40-35-24-21-18-15-12-9-6-3)56-65-59(62)53-50-47-44-41-38-36-33-31-28-26-23-20-17-14-11-8-5-2/h7,10,16-17,19-20,25-28,30,32,37,39,58H,4-6,8-9,11-15,18,21-24,29,31,33-36,38,40-57H2,1-3H3/b10-7-,19-16-,20-17-,27-25-,28-26-,32-30-,39-37-/t58-/m0/s1. The average molecular weight is 933 g/mol. The first kappa shape index (κ1) is 63.6. The molecule has 0 aliphatic heterocycles. The molecule has 0 fully saturated rings. The van der Waals surface area contributed by atoms with Crippen LogP contribution in [0.4, 0.5) is 0 Å². The lowest BCUT2D eigenvalue weighted by molar-refractivity contribution is -0.167. The maximum Gasteiger partial charge on any atom is 0.306 e. The molecule has 0 heterocycles. The van der Waals surface area contributed by atoms with Crippen molar-refractivity contribution in [2.45, 2.75) is 271 Å². The van der Waals surface area contributed by atoms with Crippen LogP contribution in [0.1, 0.15) is 265 Å². The van der Waals surface area contributed by atoms with Gasteiger partial charge in [0.05, 0.1) is 0 Å². The summed E-state index contributed by atoms with van der Waals surface area (Å²) in [5.41, 5.74) is 0. The molecular formula is C61H104O6. The Bertz CT molecular complexity index is 1300. The van der Waals surface area contributed by atoms with Gasteiger partial charge >= 0.3 is 17.9 Å². The van der Waals surface area contributed by atoms with Crippen LogP contribution in [0.25, 0.3) is 0 Å². The second-order valence-electron chi connectivity index (χ2n) is 18.5. The van der Waals surface area contributed by atoms with E-state index in [4.69, 9.17) is 14.2 Å². The maximum absolute atomic E-state index is 12.8. The predicted molar refractivity (Wildman–Crippen MR) is 288 cm³/mol. The first-order valence-electron chi connectivity index (χ1n) is 28.1. The highest BCUT2D eigenvalue weighted by atomic mass is 16.6. The largest absolute Gasteiger partial charge is 0.462 e. The van der Waals surface area contributed by atoms with E-state index in [2.05, 4.69) is 106 Å². The molecule has 0 N–H and O–H groups in total. The van der Waals surface area contributed by atoms with Gasteiger partial charge in [-0.15, -0.1) is 0 Å². The average Bonchev–Trinajstić information content (AvgIpc) is 3.33. The third-order valence-corrected chi connectivity index (χ3v) is 11.9. The van der Waals surface area contributed by atoms with Gasteiger partial charge in [-0.2, -0.15) is 0 Å². The summed E-state index contributed by atoms with van der Waals surface area (Å²) in [5.74, 6) is -0.924. The molecule has 67 heavy (non-hydrogen) atoms. The molecule has 0 aliphatic carbocycles. The summed E-state index contributed by atoms with van der Waals surface area (Å²) in [4.78, 5) is 38.1. The Labute approximate surface area is 414 Å². The lowest BCUT2D eigenvalue weighted by Crippen LogP contribution is -2.30. The van der Waals surface area contributed by atoms with Crippen molar-refractivity contribution >= 4 is 17.9 Å². The Kier molecular flexibility index (Phi) is 52.4. The van der Waals surface area contributed by atoms with Crippen LogP contribution in [-0.4, -0.2) is 37.2 Å². The molecule has 0 saturated carbocycles. The molecule has 0 bridgehead atoms. The number of rotatable bonds is 50. The molecular weight excluding hydrogens is 829 g/mol. The summed E-state index contributed by atoms with van der Waals surface area (Å²) in [6.45, 7) is 6.48. The Morgan fingerprint density at radius 3 is 0.955 bits per heavy atom. The Morgan fingerprint density at radius 2 is 0.582 bits per heavy atom. The number of hydrogen-bond acceptors (Lipinski definition) is 6. The quantitative estimate of drug-likeness (QED) is 0.0262. The van der Waals surface area contributed by atoms with Gasteiger partial charge < -0.3 is 14.2 Å². The van der Waals surface area contributed by atoms with E-state index in [9.17, 15) is 14.4 Å². The van der Waals surface area contributed by atoms with Gasteiger partial charge in [0.1, 0.15) is 13.2 Å². The second-order valence-corrected chi connectivity index (χ2v) is 18.5. The second kappa shape index (κ2) is 55.2. The summed E-state index contributed by atoms with van der Waals surface area (Å²) in [7, 11) is 0. The van der Waals surface area contributed by atoms with E-state index in [1.165, 1.54) is 116 Å². The van der Waals surface area contributed by atoms with Crippen LogP contribution in [-0.2, 0) is 28.6 Å². The minimum Gasteiger partial charge on any atom is -0.462 e. The molecule has 0 unspecified atom stereocenters. The molecule has 6 heteroatoms. The minimum absolute atomic E-state index is 0.0899. The van der Waals surface area contributed by atoms with Crippen molar-refractivity contribution in [3.05, 3.63) is 85.1 Å². The van der Waals surface area contributed by atoms with Crippen molar-refractivity contribution in [3.8, 4) is 0 Å². The highest BCUT2D eigenvalue weighted by Gasteiger charge is 2.19. The molecule has 6 nitrogen and oxygen atoms in total. The lowest BCUT2D eigenvalue weighted by Gasteiger charge is -2.18. The van der Waals surface area contributed by atoms with Crippen LogP contribution in [0.3, 0.4) is 0 Å². The van der Waals surface area contributed by atoms with Gasteiger partial charge in [0.25, 0.3) is 0 Å². The Balaban J connectivity index is 4.43. The fourth-order valence-corrected chi connectivity index (χ4v) is 7.68. The van der Waals surface area contributed by atoms with Crippen molar-refractivity contribution < 1.29 is 28.6 Å². The molecule has 0 aromatic rings. The Hall–Kier alpha value is -3.41. The van der Waals surface area contributed by atoms with E-state index in [0.717, 1.165) is 109 Å². The zero-order valence-corrected chi connectivity index (χ0v) is 43.9. The molecule has 0 amide bonds. The fourth-order valence-electron chi connectivity index (χ4n) is 7.68. The smallest absolute Gasteiger partial charge is 0.306 e. The maximum atomic E-state index is 12.8. The van der Waals surface area contributed by atoms with Crippen molar-refractivity contribution in [2.24, 2.45) is 0 Å². The van der Waals surface area contributed by atoms with Crippen LogP contribution < -0.4 is 0 Å². The number of hydrogen-bond donors (Lipinski definition) is 0. The normalized spacial score (nSPS) is 12.7. The van der Waals surface area contributed by atoms with Crippen LogP contribution in [0.5, 0.6) is 0 Å². The fraction of sp³-hybridized carbons (Fsp3) is 0.721. The van der Waals surface area contributed by atoms with E-state index in [1.807, 2.05) is 0 Å². The van der Waals surface area contributed by atoms with E-state index in [1.54, 1.807) is 0 Å². The van der Waals surface area contributed by atoms with Gasteiger partial charge in [-0.3, -0.25) is 14.4 Å². The van der Waals surface area contributed by atoms with E-state index < -0.39 is 6.10 Å². The zero-order chi connectivity index (χ0) is 48.6. The number of allylic oxidation sites excluding steroid dienone is 14. The third-order valence-electron chi connectivity index (χ3n) is 11.9. The van der Waals surface area contributed by atoms with Gasteiger partial charge in [0.15, 0.2) is 6.10 Å². The molecule has 0 radical (unpaired) electrons. The summed E-state index contributed by atoms with van der Waals surface area (Å²) < 4.78 is 16.8. The third kappa shape index (κ3) is 53.4. The molecule has 1 atom stereocenters. The summed E-state index contributed by atoms with van der Waals surface area (Å²) >= 11 is 0. The molecule has 384 valence electrons. The summed E-state index contributed by atoms with van der Waals surface area (Å²) in [6.07, 6.45) is 71.3. The van der Waals surface area contributed by atoms with Gasteiger partial charge in [-0.05, 0) is 96.3 Å². The number of unbranched alkanes of at least 4 members (excludes halogenated alkanes) is 25. The first-order valence-corrected chi connectivity index (χ1v) is 28.1. The minimum atomic E-state index is -0.792. The van der Waals surface area contributed by atoms with Gasteiger partial charge in [-0.1, -0.05) is 234 Å². The lowest BCUT2D eigenvalue weighted by atomic mass is 10.0. The van der Waals surface area contributed by atoms with Crippen molar-refractivity contribution in [3.63, 3.8) is 0 Å². The number of carbonyl (C=O) groups is 3. The van der Waals surface area contributed by atoms with Crippen LogP contribution in [0.15, 0.2) is 85.1 Å². The van der Waals surface area contributed by atoms with E-state index in [-0.39, 0.29) is 31.1 Å². The Morgan fingerprint density at radius 1 is 0.313 bits per heavy atom. The van der Waals surface area contributed by atoms with Crippen molar-refractivity contribution in [2.75, 3.05) is 13.2 Å². The van der Waals surface area contributed by atoms with Crippen molar-refractivity contribution in [1.82, 2.24) is 0 Å². The van der Waals surface area contributed by atoms with Gasteiger partial charge in [-0.25, -0.2) is 0 Å². The zero-order valence-electron chi connectivity index (χ0n) is 43.9. The molecule has 0 saturated heterocycles. The first-order chi connectivity index (χ1) is 33.0. The van der Waals surface area contributed by atoms with Gasteiger partial charge in [0, 0.05) is 19.3 Å². The van der Waals surface area contributed by atoms with Crippen LogP contribution in [0.2, 0.25) is 0 Å². The number of carbonyl (C=O) groups excluding carboxylic acids is 3. The van der Waals surface area contributed by atoms with Gasteiger partial charge in [0.2, 0.25) is 0 Å². The topological polar surface area (TPSA) is 78.9 Å². The molecule has 0 rings (SSSR count). The SMILES string of the molecule is CC/C=C\C/C=C\C/C=C\C/C=C\C/C=C\CCCCCC(=O)OC[C@H](COC(=O)CCCCCCCCC/C=C\C/C=C\CCCCC)OC(=O)CCCCCCCCCCCCCCC. The molecule has 0 aromatic heterocycles. The van der Waals surface area contributed by atoms with Crippen LogP contribution in [0, 0.1) is 0 Å². The van der Waals surface area contributed by atoms with E-state index >= 15 is 0 Å². The summed E-state index contributed by atoms with van der Waals surface area (Å²) in [6, 6.07) is 0. The molecule has 0 spiro atoms. The van der Waals surface area contributed by atoms with Crippen LogP contribution >= 0.6 is 0 Å². The predicted octanol–water partition coefficient (Wildman–Crippen LogP) is 18.8. The summed E-state index contributed by atoms with van der Waals surface area (Å²) in [5, 5.41) is 0. The highest BCUT2D eigenvalue weighted by molar-refractivity contribution is 5.71. The highest BCUT2D eigenvalue weighted by Crippen LogP contribution is 2.15. The monoisotopic (exact) mass is 933 g/mol. The molecule has 0 aliphatic rings. The van der Waals surface area contributed by atoms with Crippen molar-refractivity contribution in [1.29, 1.82) is 0 Å².